The van der Waals surface area contributed by atoms with Crippen LogP contribution in [0, 0.1) is 5.92 Å². The van der Waals surface area contributed by atoms with Crippen molar-refractivity contribution in [2.75, 3.05) is 18.1 Å². The van der Waals surface area contributed by atoms with Gasteiger partial charge in [0.15, 0.2) is 12.4 Å². The fraction of sp³-hybridized carbons (Fsp3) is 0.105. The van der Waals surface area contributed by atoms with Gasteiger partial charge >= 0.3 is 11.9 Å². The minimum atomic E-state index is -0.722. The normalized spacial score (nSPS) is 14.0. The number of carbonyl (C=O) groups excluding carboxylic acids is 4. The van der Waals surface area contributed by atoms with Gasteiger partial charge in [0, 0.05) is 34.8 Å². The smallest absolute Gasteiger partial charge is 0.345 e. The van der Waals surface area contributed by atoms with E-state index in [0.717, 1.165) is 11.1 Å². The molecule has 1 aliphatic heterocycles. The zero-order valence-electron chi connectivity index (χ0n) is 25.3. The SMILES string of the molecule is O=C(COC(=O)[C@H]1CC(=O)N(c2ccc(Oc3ccccc3-c3ccccc3)cc2)C1)c1ccc(OC(=O)c2ccc(Cl)cc2Cl)cc1. The quantitative estimate of drug-likeness (QED) is 0.0829. The Hall–Kier alpha value is -5.44. The molecular formula is C38H27Cl2NO7. The van der Waals surface area contributed by atoms with Crippen LogP contribution in [-0.2, 0) is 14.3 Å². The third kappa shape index (κ3) is 7.57. The van der Waals surface area contributed by atoms with Crippen LogP contribution in [0.3, 0.4) is 0 Å². The maximum Gasteiger partial charge on any atom is 0.345 e. The second-order valence-corrected chi connectivity index (χ2v) is 11.8. The topological polar surface area (TPSA) is 99.2 Å². The number of rotatable bonds is 10. The predicted molar refractivity (Wildman–Crippen MR) is 182 cm³/mol. The lowest BCUT2D eigenvalue weighted by molar-refractivity contribution is -0.147. The molecule has 240 valence electrons. The van der Waals surface area contributed by atoms with E-state index in [0.29, 0.717) is 22.2 Å². The summed E-state index contributed by atoms with van der Waals surface area (Å²) in [5, 5.41) is 0.535. The number of amides is 1. The van der Waals surface area contributed by atoms with Crippen molar-refractivity contribution >= 4 is 52.5 Å². The van der Waals surface area contributed by atoms with Gasteiger partial charge in [-0.3, -0.25) is 14.4 Å². The van der Waals surface area contributed by atoms with Crippen LogP contribution < -0.4 is 14.4 Å². The van der Waals surface area contributed by atoms with Crippen molar-refractivity contribution in [1.82, 2.24) is 0 Å². The van der Waals surface area contributed by atoms with Crippen LogP contribution in [0.25, 0.3) is 11.1 Å². The first-order valence-corrected chi connectivity index (χ1v) is 15.7. The summed E-state index contributed by atoms with van der Waals surface area (Å²) in [6.07, 6.45) is -0.0343. The first kappa shape index (κ1) is 32.5. The molecule has 0 N–H and O–H groups in total. The zero-order chi connectivity index (χ0) is 33.6. The van der Waals surface area contributed by atoms with Gasteiger partial charge in [0.05, 0.1) is 16.5 Å². The zero-order valence-corrected chi connectivity index (χ0v) is 26.8. The summed E-state index contributed by atoms with van der Waals surface area (Å²) in [6, 6.07) is 35.0. The number of nitrogens with zero attached hydrogens (tertiary/aromatic N) is 1. The van der Waals surface area contributed by atoms with Crippen LogP contribution in [0.2, 0.25) is 10.0 Å². The van der Waals surface area contributed by atoms with Crippen molar-refractivity contribution in [2.45, 2.75) is 6.42 Å². The molecule has 1 fully saturated rings. The fourth-order valence-corrected chi connectivity index (χ4v) is 5.70. The maximum absolute atomic E-state index is 12.8. The Kier molecular flexibility index (Phi) is 9.85. The average molecular weight is 681 g/mol. The monoisotopic (exact) mass is 679 g/mol. The summed E-state index contributed by atoms with van der Waals surface area (Å²) < 4.78 is 16.8. The highest BCUT2D eigenvalue weighted by Crippen LogP contribution is 2.34. The van der Waals surface area contributed by atoms with Gasteiger partial charge in [0.2, 0.25) is 5.91 Å². The maximum atomic E-state index is 12.8. The second-order valence-electron chi connectivity index (χ2n) is 10.9. The Morgan fingerprint density at radius 1 is 0.771 bits per heavy atom. The van der Waals surface area contributed by atoms with Crippen molar-refractivity contribution in [3.8, 4) is 28.4 Å². The van der Waals surface area contributed by atoms with Crippen LogP contribution in [-0.4, -0.2) is 36.8 Å². The van der Waals surface area contributed by atoms with Crippen molar-refractivity contribution in [3.05, 3.63) is 142 Å². The molecule has 1 atom stereocenters. The van der Waals surface area contributed by atoms with Crippen LogP contribution in [0.1, 0.15) is 27.1 Å². The molecule has 6 rings (SSSR count). The molecule has 0 saturated carbocycles. The third-order valence-electron chi connectivity index (χ3n) is 7.69. The molecule has 0 bridgehead atoms. The molecule has 0 aromatic heterocycles. The van der Waals surface area contributed by atoms with Gasteiger partial charge < -0.3 is 19.1 Å². The summed E-state index contributed by atoms with van der Waals surface area (Å²) in [5.74, 6) is -1.23. The van der Waals surface area contributed by atoms with Crippen LogP contribution >= 0.6 is 23.2 Å². The number of Topliss-reactive ketones (excluding diaryl/α,β-unsaturated/α-hetero) is 1. The summed E-state index contributed by atoms with van der Waals surface area (Å²) in [6.45, 7) is -0.375. The van der Waals surface area contributed by atoms with E-state index in [2.05, 4.69) is 0 Å². The summed E-state index contributed by atoms with van der Waals surface area (Å²) in [4.78, 5) is 52.3. The number of ether oxygens (including phenoxy) is 3. The summed E-state index contributed by atoms with van der Waals surface area (Å²) >= 11 is 11.9. The Labute approximate surface area is 286 Å². The van der Waals surface area contributed by atoms with Crippen molar-refractivity contribution in [3.63, 3.8) is 0 Å². The van der Waals surface area contributed by atoms with Crippen LogP contribution in [0.5, 0.6) is 17.2 Å². The van der Waals surface area contributed by atoms with Crippen molar-refractivity contribution < 1.29 is 33.4 Å². The van der Waals surface area contributed by atoms with E-state index >= 15 is 0 Å². The number of hydrogen-bond acceptors (Lipinski definition) is 7. The molecule has 8 nitrogen and oxygen atoms in total. The Morgan fingerprint density at radius 3 is 2.19 bits per heavy atom. The van der Waals surface area contributed by atoms with Gasteiger partial charge in [0.25, 0.3) is 0 Å². The highest BCUT2D eigenvalue weighted by molar-refractivity contribution is 6.36. The molecule has 1 aliphatic rings. The lowest BCUT2D eigenvalue weighted by Crippen LogP contribution is -2.27. The molecule has 0 aliphatic carbocycles. The molecule has 0 unspecified atom stereocenters. The van der Waals surface area contributed by atoms with Gasteiger partial charge in [-0.05, 0) is 78.4 Å². The minimum Gasteiger partial charge on any atom is -0.457 e. The molecule has 1 saturated heterocycles. The van der Waals surface area contributed by atoms with Crippen LogP contribution in [0.4, 0.5) is 5.69 Å². The third-order valence-corrected chi connectivity index (χ3v) is 8.24. The summed E-state index contributed by atoms with van der Waals surface area (Å²) in [5.41, 5.74) is 3.00. The molecule has 0 spiro atoms. The highest BCUT2D eigenvalue weighted by Gasteiger charge is 2.36. The van der Waals surface area contributed by atoms with E-state index in [1.807, 2.05) is 54.6 Å². The Morgan fingerprint density at radius 2 is 1.46 bits per heavy atom. The van der Waals surface area contributed by atoms with Crippen molar-refractivity contribution in [1.29, 1.82) is 0 Å². The van der Waals surface area contributed by atoms with E-state index in [4.69, 9.17) is 37.4 Å². The lowest BCUT2D eigenvalue weighted by atomic mass is 10.0. The number of esters is 2. The number of benzene rings is 5. The average Bonchev–Trinajstić information content (AvgIpc) is 3.49. The number of para-hydroxylation sites is 1. The fourth-order valence-electron chi connectivity index (χ4n) is 5.21. The largest absolute Gasteiger partial charge is 0.457 e. The predicted octanol–water partition coefficient (Wildman–Crippen LogP) is 8.45. The number of carbonyl (C=O) groups is 4. The lowest BCUT2D eigenvalue weighted by Gasteiger charge is -2.17. The van der Waals surface area contributed by atoms with Gasteiger partial charge in [-0.1, -0.05) is 71.7 Å². The first-order chi connectivity index (χ1) is 23.2. The highest BCUT2D eigenvalue weighted by atomic mass is 35.5. The number of hydrogen-bond donors (Lipinski definition) is 0. The Balaban J connectivity index is 1.01. The molecule has 48 heavy (non-hydrogen) atoms. The van der Waals surface area contributed by atoms with E-state index in [9.17, 15) is 19.2 Å². The standard InChI is InChI=1S/C38H27Cl2NO7/c39-27-12-19-32(33(40)21-27)38(45)48-30-15-10-25(11-16-30)34(42)23-46-37(44)26-20-36(43)41(22-26)28-13-17-29(18-14-28)47-35-9-5-4-8-31(35)24-6-2-1-3-7-24/h1-19,21,26H,20,22-23H2/t26-/m0/s1. The number of anilines is 1. The van der Waals surface area contributed by atoms with E-state index in [-0.39, 0.29) is 40.8 Å². The second kappa shape index (κ2) is 14.5. The molecule has 1 heterocycles. The number of ketones is 1. The summed E-state index contributed by atoms with van der Waals surface area (Å²) in [7, 11) is 0. The molecular weight excluding hydrogens is 653 g/mol. The van der Waals surface area contributed by atoms with Gasteiger partial charge in [0.1, 0.15) is 17.2 Å². The van der Waals surface area contributed by atoms with E-state index in [1.54, 1.807) is 24.3 Å². The van der Waals surface area contributed by atoms with Gasteiger partial charge in [-0.2, -0.15) is 0 Å². The molecule has 10 heteroatoms. The van der Waals surface area contributed by atoms with Crippen LogP contribution in [0.15, 0.2) is 121 Å². The van der Waals surface area contributed by atoms with E-state index in [1.165, 1.54) is 47.4 Å². The van der Waals surface area contributed by atoms with Crippen molar-refractivity contribution in [2.24, 2.45) is 5.92 Å². The minimum absolute atomic E-state index is 0.0343. The molecule has 0 radical (unpaired) electrons. The molecule has 5 aromatic carbocycles. The molecule has 1 amide bonds. The Bertz CT molecular complexity index is 1980. The van der Waals surface area contributed by atoms with Gasteiger partial charge in [-0.25, -0.2) is 4.79 Å². The molecule has 5 aromatic rings. The van der Waals surface area contributed by atoms with E-state index < -0.39 is 30.2 Å². The number of halogens is 2. The van der Waals surface area contributed by atoms with Gasteiger partial charge in [-0.15, -0.1) is 0 Å². The first-order valence-electron chi connectivity index (χ1n) is 14.9.